The summed E-state index contributed by atoms with van der Waals surface area (Å²) in [5, 5.41) is 3.56. The Bertz CT molecular complexity index is 170. The smallest absolute Gasteiger partial charge is 0.0192 e. The molecule has 15 heavy (non-hydrogen) atoms. The molecule has 2 nitrogen and oxygen atoms in total. The molecule has 1 heterocycles. The Morgan fingerprint density at radius 1 is 1.27 bits per heavy atom. The van der Waals surface area contributed by atoms with Gasteiger partial charge >= 0.3 is 0 Å². The molecule has 1 saturated heterocycles. The number of nitrogens with zero attached hydrogens (tertiary/aromatic N) is 1. The normalized spacial score (nSPS) is 30.4. The molecular formula is C13H28N2. The molecule has 0 amide bonds. The molecule has 0 aliphatic carbocycles. The second-order valence-corrected chi connectivity index (χ2v) is 5.17. The molecule has 1 N–H and O–H groups in total. The SMILES string of the molecule is CCNC(CC)CN1CCC(C)C(C)C1. The van der Waals surface area contributed by atoms with E-state index in [0.29, 0.717) is 6.04 Å². The van der Waals surface area contributed by atoms with Crippen LogP contribution in [0.3, 0.4) is 0 Å². The van der Waals surface area contributed by atoms with E-state index in [1.54, 1.807) is 0 Å². The molecule has 0 aromatic rings. The number of hydrogen-bond acceptors (Lipinski definition) is 2. The lowest BCUT2D eigenvalue weighted by molar-refractivity contribution is 0.126. The topological polar surface area (TPSA) is 15.3 Å². The first-order valence-electron chi connectivity index (χ1n) is 6.63. The van der Waals surface area contributed by atoms with Gasteiger partial charge in [-0.15, -0.1) is 0 Å². The van der Waals surface area contributed by atoms with Gasteiger partial charge in [-0.1, -0.05) is 27.7 Å². The first kappa shape index (κ1) is 13.0. The lowest BCUT2D eigenvalue weighted by Gasteiger charge is -2.37. The quantitative estimate of drug-likeness (QED) is 0.752. The van der Waals surface area contributed by atoms with Gasteiger partial charge in [0.05, 0.1) is 0 Å². The molecule has 0 spiro atoms. The molecule has 1 rings (SSSR count). The molecule has 0 saturated carbocycles. The molecule has 90 valence electrons. The number of likely N-dealkylation sites (N-methyl/N-ethyl adjacent to an activating group) is 1. The minimum atomic E-state index is 0.690. The number of hydrogen-bond donors (Lipinski definition) is 1. The zero-order valence-corrected chi connectivity index (χ0v) is 10.9. The van der Waals surface area contributed by atoms with Crippen molar-refractivity contribution in [2.75, 3.05) is 26.2 Å². The third-order valence-corrected chi connectivity index (χ3v) is 3.88. The highest BCUT2D eigenvalue weighted by Crippen LogP contribution is 2.22. The highest BCUT2D eigenvalue weighted by Gasteiger charge is 2.23. The summed E-state index contributed by atoms with van der Waals surface area (Å²) in [5.41, 5.74) is 0. The van der Waals surface area contributed by atoms with Gasteiger partial charge in [-0.3, -0.25) is 0 Å². The summed E-state index contributed by atoms with van der Waals surface area (Å²) in [7, 11) is 0. The van der Waals surface area contributed by atoms with Crippen LogP contribution in [0, 0.1) is 11.8 Å². The molecule has 3 atom stereocenters. The lowest BCUT2D eigenvalue weighted by atomic mass is 9.88. The molecule has 0 aromatic heterocycles. The predicted octanol–water partition coefficient (Wildman–Crippen LogP) is 2.35. The zero-order valence-electron chi connectivity index (χ0n) is 10.9. The summed E-state index contributed by atoms with van der Waals surface area (Å²) in [6.45, 7) is 14.2. The highest BCUT2D eigenvalue weighted by molar-refractivity contribution is 4.78. The van der Waals surface area contributed by atoms with Crippen molar-refractivity contribution in [3.63, 3.8) is 0 Å². The standard InChI is InChI=1S/C13H28N2/c1-5-13(14-6-2)10-15-8-7-11(3)12(4)9-15/h11-14H,5-10H2,1-4H3. The summed E-state index contributed by atoms with van der Waals surface area (Å²) in [6, 6.07) is 0.690. The van der Waals surface area contributed by atoms with E-state index in [2.05, 4.69) is 37.9 Å². The molecule has 3 unspecified atom stereocenters. The fourth-order valence-electron chi connectivity index (χ4n) is 2.45. The third-order valence-electron chi connectivity index (χ3n) is 3.88. The molecule has 1 fully saturated rings. The number of piperidine rings is 1. The minimum Gasteiger partial charge on any atom is -0.313 e. The monoisotopic (exact) mass is 212 g/mol. The van der Waals surface area contributed by atoms with Gasteiger partial charge in [-0.05, 0) is 37.8 Å². The lowest BCUT2D eigenvalue weighted by Crippen LogP contribution is -2.46. The van der Waals surface area contributed by atoms with E-state index in [0.717, 1.165) is 18.4 Å². The maximum Gasteiger partial charge on any atom is 0.0192 e. The fraction of sp³-hybridized carbons (Fsp3) is 1.00. The van der Waals surface area contributed by atoms with Crippen molar-refractivity contribution in [2.45, 2.75) is 46.6 Å². The van der Waals surface area contributed by atoms with Crippen molar-refractivity contribution in [3.05, 3.63) is 0 Å². The van der Waals surface area contributed by atoms with E-state index in [9.17, 15) is 0 Å². The van der Waals surface area contributed by atoms with Crippen molar-refractivity contribution >= 4 is 0 Å². The largest absolute Gasteiger partial charge is 0.313 e. The molecule has 2 heteroatoms. The maximum atomic E-state index is 3.56. The van der Waals surface area contributed by atoms with Gasteiger partial charge in [0.2, 0.25) is 0 Å². The molecule has 1 aliphatic heterocycles. The van der Waals surface area contributed by atoms with Crippen molar-refractivity contribution in [1.29, 1.82) is 0 Å². The Morgan fingerprint density at radius 3 is 2.53 bits per heavy atom. The summed E-state index contributed by atoms with van der Waals surface area (Å²) in [5.74, 6) is 1.79. The fourth-order valence-corrected chi connectivity index (χ4v) is 2.45. The summed E-state index contributed by atoms with van der Waals surface area (Å²) < 4.78 is 0. The minimum absolute atomic E-state index is 0.690. The van der Waals surface area contributed by atoms with E-state index in [1.807, 2.05) is 0 Å². The molecule has 1 aliphatic rings. The van der Waals surface area contributed by atoms with Gasteiger partial charge in [0.15, 0.2) is 0 Å². The van der Waals surface area contributed by atoms with Crippen LogP contribution < -0.4 is 5.32 Å². The van der Waals surface area contributed by atoms with Gasteiger partial charge < -0.3 is 10.2 Å². The van der Waals surface area contributed by atoms with E-state index in [4.69, 9.17) is 0 Å². The van der Waals surface area contributed by atoms with Crippen molar-refractivity contribution in [3.8, 4) is 0 Å². The first-order valence-corrected chi connectivity index (χ1v) is 6.63. The summed E-state index contributed by atoms with van der Waals surface area (Å²) in [6.07, 6.45) is 2.62. The summed E-state index contributed by atoms with van der Waals surface area (Å²) in [4.78, 5) is 2.64. The van der Waals surface area contributed by atoms with Gasteiger partial charge in [-0.2, -0.15) is 0 Å². The molecular weight excluding hydrogens is 184 g/mol. The molecule has 0 radical (unpaired) electrons. The van der Waals surface area contributed by atoms with E-state index in [-0.39, 0.29) is 0 Å². The Balaban J connectivity index is 2.31. The zero-order chi connectivity index (χ0) is 11.3. The van der Waals surface area contributed by atoms with Crippen molar-refractivity contribution in [2.24, 2.45) is 11.8 Å². The van der Waals surface area contributed by atoms with Gasteiger partial charge in [0.1, 0.15) is 0 Å². The predicted molar refractivity (Wildman–Crippen MR) is 67.1 cm³/mol. The van der Waals surface area contributed by atoms with Crippen LogP contribution in [-0.2, 0) is 0 Å². The average Bonchev–Trinajstić information content (AvgIpc) is 2.23. The molecule has 0 bridgehead atoms. The van der Waals surface area contributed by atoms with Crippen molar-refractivity contribution < 1.29 is 0 Å². The van der Waals surface area contributed by atoms with Gasteiger partial charge in [0.25, 0.3) is 0 Å². The second kappa shape index (κ2) is 6.49. The molecule has 0 aromatic carbocycles. The Labute approximate surface area is 95.4 Å². The summed E-state index contributed by atoms with van der Waals surface area (Å²) >= 11 is 0. The number of rotatable bonds is 5. The van der Waals surface area contributed by atoms with E-state index in [1.165, 1.54) is 32.5 Å². The highest BCUT2D eigenvalue weighted by atomic mass is 15.2. The van der Waals surface area contributed by atoms with Crippen LogP contribution in [0.1, 0.15) is 40.5 Å². The van der Waals surface area contributed by atoms with Gasteiger partial charge in [-0.25, -0.2) is 0 Å². The van der Waals surface area contributed by atoms with Crippen LogP contribution in [0.25, 0.3) is 0 Å². The maximum absolute atomic E-state index is 3.56. The second-order valence-electron chi connectivity index (χ2n) is 5.17. The van der Waals surface area contributed by atoms with Crippen LogP contribution in [0.15, 0.2) is 0 Å². The van der Waals surface area contributed by atoms with Crippen LogP contribution in [0.4, 0.5) is 0 Å². The van der Waals surface area contributed by atoms with Crippen LogP contribution in [0.2, 0.25) is 0 Å². The Hall–Kier alpha value is -0.0800. The first-order chi connectivity index (χ1) is 7.17. The third kappa shape index (κ3) is 4.12. The van der Waals surface area contributed by atoms with Crippen LogP contribution in [-0.4, -0.2) is 37.1 Å². The average molecular weight is 212 g/mol. The van der Waals surface area contributed by atoms with E-state index >= 15 is 0 Å². The Morgan fingerprint density at radius 2 is 2.00 bits per heavy atom. The van der Waals surface area contributed by atoms with Crippen molar-refractivity contribution in [1.82, 2.24) is 10.2 Å². The van der Waals surface area contributed by atoms with E-state index < -0.39 is 0 Å². The van der Waals surface area contributed by atoms with Crippen LogP contribution in [0.5, 0.6) is 0 Å². The number of nitrogens with one attached hydrogen (secondary N) is 1. The Kier molecular flexibility index (Phi) is 5.62. The van der Waals surface area contributed by atoms with Crippen LogP contribution >= 0.6 is 0 Å². The number of likely N-dealkylation sites (tertiary alicyclic amines) is 1. The van der Waals surface area contributed by atoms with Gasteiger partial charge in [0, 0.05) is 19.1 Å².